The molecule has 0 bridgehead atoms. The van der Waals surface area contributed by atoms with Crippen LogP contribution in [0.3, 0.4) is 0 Å². The van der Waals surface area contributed by atoms with Crippen molar-refractivity contribution < 1.29 is 13.6 Å². The van der Waals surface area contributed by atoms with Crippen molar-refractivity contribution in [2.45, 2.75) is 45.5 Å². The summed E-state index contributed by atoms with van der Waals surface area (Å²) in [5.74, 6) is 6.04. The van der Waals surface area contributed by atoms with Gasteiger partial charge >= 0.3 is 0 Å². The number of piperidine rings is 1. The van der Waals surface area contributed by atoms with Crippen LogP contribution >= 0.6 is 0 Å². The SMILES string of the molecule is CCCC(/C=C\C=O)=C/N(C)C/C(=C(/N)c1ccc(N2CCCCC2)c(C(F)F)n1)N(C)N. The molecular weight excluding hydrogens is 426 g/mol. The van der Waals surface area contributed by atoms with Crippen molar-refractivity contribution in [3.63, 3.8) is 0 Å². The minimum Gasteiger partial charge on any atom is -0.395 e. The van der Waals surface area contributed by atoms with Crippen LogP contribution < -0.4 is 16.5 Å². The van der Waals surface area contributed by atoms with E-state index in [9.17, 15) is 13.6 Å². The van der Waals surface area contributed by atoms with Crippen LogP contribution in [0.4, 0.5) is 14.5 Å². The molecule has 2 heterocycles. The Morgan fingerprint density at radius 2 is 1.94 bits per heavy atom. The molecule has 0 spiro atoms. The van der Waals surface area contributed by atoms with Gasteiger partial charge in [0.2, 0.25) is 0 Å². The third-order valence-corrected chi connectivity index (χ3v) is 5.53. The van der Waals surface area contributed by atoms with E-state index < -0.39 is 6.43 Å². The van der Waals surface area contributed by atoms with Crippen molar-refractivity contribution in [3.05, 3.63) is 53.1 Å². The maximum Gasteiger partial charge on any atom is 0.282 e. The zero-order valence-corrected chi connectivity index (χ0v) is 19.8. The van der Waals surface area contributed by atoms with E-state index in [-0.39, 0.29) is 17.1 Å². The molecule has 1 aromatic heterocycles. The van der Waals surface area contributed by atoms with E-state index in [0.29, 0.717) is 17.9 Å². The Hall–Kier alpha value is -2.94. The summed E-state index contributed by atoms with van der Waals surface area (Å²) >= 11 is 0. The largest absolute Gasteiger partial charge is 0.395 e. The number of anilines is 1. The number of hydrogen-bond acceptors (Lipinski definition) is 7. The van der Waals surface area contributed by atoms with E-state index in [2.05, 4.69) is 11.9 Å². The number of nitrogens with two attached hydrogens (primary N) is 2. The first-order chi connectivity index (χ1) is 15.8. The summed E-state index contributed by atoms with van der Waals surface area (Å²) < 4.78 is 27.8. The third kappa shape index (κ3) is 7.56. The van der Waals surface area contributed by atoms with Gasteiger partial charge in [-0.25, -0.2) is 19.6 Å². The molecule has 0 unspecified atom stereocenters. The van der Waals surface area contributed by atoms with Crippen molar-refractivity contribution in [1.29, 1.82) is 0 Å². The van der Waals surface area contributed by atoms with Gasteiger partial charge in [-0.05, 0) is 49.5 Å². The number of aromatic nitrogens is 1. The smallest absolute Gasteiger partial charge is 0.282 e. The fraction of sp³-hybridized carbons (Fsp3) is 0.500. The van der Waals surface area contributed by atoms with E-state index in [1.807, 2.05) is 23.0 Å². The first-order valence-electron chi connectivity index (χ1n) is 11.3. The zero-order chi connectivity index (χ0) is 24.4. The molecule has 1 fully saturated rings. The fourth-order valence-corrected chi connectivity index (χ4v) is 3.92. The summed E-state index contributed by atoms with van der Waals surface area (Å²) in [6, 6.07) is 3.36. The van der Waals surface area contributed by atoms with E-state index in [1.54, 1.807) is 25.3 Å². The second-order valence-electron chi connectivity index (χ2n) is 8.28. The molecule has 9 heteroatoms. The summed E-state index contributed by atoms with van der Waals surface area (Å²) in [6.45, 7) is 3.89. The second-order valence-corrected chi connectivity index (χ2v) is 8.28. The topological polar surface area (TPSA) is 91.7 Å². The highest BCUT2D eigenvalue weighted by atomic mass is 19.3. The number of hydrazine groups is 1. The average molecular weight is 463 g/mol. The lowest BCUT2D eigenvalue weighted by atomic mass is 10.1. The standard InChI is InChI=1S/C24H36F2N6O/c1-4-9-18(10-8-15-33)16-30(2)17-21(31(3)28)22(27)19-11-12-20(23(29-19)24(25)26)32-13-6-5-7-14-32/h8,10-12,15-16,24H,4-7,9,13-14,17,27-28H2,1-3H3/b10-8-,18-16-,22-21-. The third-order valence-electron chi connectivity index (χ3n) is 5.53. The normalized spacial score (nSPS) is 15.7. The highest BCUT2D eigenvalue weighted by Crippen LogP contribution is 2.31. The summed E-state index contributed by atoms with van der Waals surface area (Å²) in [6.07, 6.45) is 7.97. The second kappa shape index (κ2) is 12.9. The highest BCUT2D eigenvalue weighted by Gasteiger charge is 2.23. The maximum atomic E-state index is 13.9. The molecule has 4 N–H and O–H groups in total. The predicted molar refractivity (Wildman–Crippen MR) is 129 cm³/mol. The molecule has 1 aliphatic heterocycles. The van der Waals surface area contributed by atoms with Crippen LogP contribution in [0.5, 0.6) is 0 Å². The number of hydrogen-bond donors (Lipinski definition) is 2. The lowest BCUT2D eigenvalue weighted by molar-refractivity contribution is -0.104. The van der Waals surface area contributed by atoms with Crippen LogP contribution in [0.25, 0.3) is 5.70 Å². The van der Waals surface area contributed by atoms with Crippen molar-refractivity contribution in [2.24, 2.45) is 11.6 Å². The number of carbonyl (C=O) groups is 1. The molecule has 182 valence electrons. The minimum atomic E-state index is -2.71. The molecule has 1 aliphatic rings. The monoisotopic (exact) mass is 462 g/mol. The lowest BCUT2D eigenvalue weighted by Gasteiger charge is -2.30. The van der Waals surface area contributed by atoms with Crippen LogP contribution in [0.2, 0.25) is 0 Å². The van der Waals surface area contributed by atoms with Crippen LogP contribution in [-0.4, -0.2) is 54.9 Å². The number of likely N-dealkylation sites (N-methyl/N-ethyl adjacent to an activating group) is 2. The van der Waals surface area contributed by atoms with Crippen molar-refractivity contribution in [2.75, 3.05) is 38.6 Å². The number of carbonyl (C=O) groups excluding carboxylic acids is 1. The van der Waals surface area contributed by atoms with Gasteiger partial charge in [0, 0.05) is 33.4 Å². The summed E-state index contributed by atoms with van der Waals surface area (Å²) in [5.41, 5.74) is 8.63. The number of aldehydes is 1. The molecule has 0 aliphatic carbocycles. The molecular formula is C24H36F2N6O. The van der Waals surface area contributed by atoms with E-state index in [1.165, 1.54) is 11.1 Å². The molecule has 1 aromatic rings. The molecule has 0 amide bonds. The van der Waals surface area contributed by atoms with E-state index in [0.717, 1.165) is 57.1 Å². The van der Waals surface area contributed by atoms with Gasteiger partial charge in [-0.1, -0.05) is 19.4 Å². The molecule has 1 saturated heterocycles. The molecule has 33 heavy (non-hydrogen) atoms. The number of rotatable bonds is 11. The van der Waals surface area contributed by atoms with Crippen molar-refractivity contribution >= 4 is 17.7 Å². The lowest BCUT2D eigenvalue weighted by Crippen LogP contribution is -2.34. The first-order valence-corrected chi connectivity index (χ1v) is 11.3. The Morgan fingerprint density at radius 3 is 2.52 bits per heavy atom. The van der Waals surface area contributed by atoms with Gasteiger partial charge in [-0.2, -0.15) is 0 Å². The minimum absolute atomic E-state index is 0.243. The van der Waals surface area contributed by atoms with Gasteiger partial charge in [-0.15, -0.1) is 0 Å². The van der Waals surface area contributed by atoms with Crippen LogP contribution in [-0.2, 0) is 4.79 Å². The summed E-state index contributed by atoms with van der Waals surface area (Å²) in [7, 11) is 3.51. The van der Waals surface area contributed by atoms with Gasteiger partial charge < -0.3 is 20.5 Å². The van der Waals surface area contributed by atoms with E-state index >= 15 is 0 Å². The van der Waals surface area contributed by atoms with Crippen LogP contribution in [0.1, 0.15) is 56.8 Å². The van der Waals surface area contributed by atoms with Gasteiger partial charge in [0.15, 0.2) is 0 Å². The number of allylic oxidation sites excluding steroid dienone is 3. The Kier molecular flexibility index (Phi) is 10.3. The quantitative estimate of drug-likeness (QED) is 0.170. The number of alkyl halides is 2. The van der Waals surface area contributed by atoms with Gasteiger partial charge in [-0.3, -0.25) is 4.79 Å². The molecule has 2 rings (SSSR count). The van der Waals surface area contributed by atoms with Crippen molar-refractivity contribution in [3.8, 4) is 0 Å². The Balaban J connectivity index is 2.37. The van der Waals surface area contributed by atoms with Crippen molar-refractivity contribution in [1.82, 2.24) is 14.9 Å². The molecule has 0 saturated carbocycles. The maximum absolute atomic E-state index is 13.9. The molecule has 7 nitrogen and oxygen atoms in total. The molecule has 0 aromatic carbocycles. The summed E-state index contributed by atoms with van der Waals surface area (Å²) in [5, 5.41) is 1.38. The Morgan fingerprint density at radius 1 is 1.24 bits per heavy atom. The highest BCUT2D eigenvalue weighted by molar-refractivity contribution is 5.66. The number of halogens is 2. The van der Waals surface area contributed by atoms with Gasteiger partial charge in [0.05, 0.1) is 29.3 Å². The number of pyridine rings is 1. The molecule has 0 radical (unpaired) electrons. The predicted octanol–water partition coefficient (Wildman–Crippen LogP) is 3.81. The zero-order valence-electron chi connectivity index (χ0n) is 19.8. The summed E-state index contributed by atoms with van der Waals surface area (Å²) in [4.78, 5) is 18.8. The Labute approximate surface area is 195 Å². The van der Waals surface area contributed by atoms with Crippen LogP contribution in [0, 0.1) is 0 Å². The van der Waals surface area contributed by atoms with Crippen LogP contribution in [0.15, 0.2) is 41.8 Å². The van der Waals surface area contributed by atoms with E-state index in [4.69, 9.17) is 11.6 Å². The fourth-order valence-electron chi connectivity index (χ4n) is 3.92. The first kappa shape index (κ1) is 26.3. The Bertz CT molecular complexity index is 876. The molecule has 0 atom stereocenters. The average Bonchev–Trinajstić information content (AvgIpc) is 2.80. The number of nitrogens with zero attached hydrogens (tertiary/aromatic N) is 4. The van der Waals surface area contributed by atoms with Gasteiger partial charge in [0.25, 0.3) is 6.43 Å². The van der Waals surface area contributed by atoms with Gasteiger partial charge in [0.1, 0.15) is 12.0 Å².